The molecule has 0 aliphatic carbocycles. The molecule has 0 spiro atoms. The molecule has 1 aromatic carbocycles. The van der Waals surface area contributed by atoms with Crippen molar-refractivity contribution < 1.29 is 8.42 Å². The topological polar surface area (TPSA) is 49.4 Å². The van der Waals surface area contributed by atoms with Gasteiger partial charge < -0.3 is 4.90 Å². The molecular weight excluding hydrogens is 352 g/mol. The maximum Gasteiger partial charge on any atom is 0.240 e. The fourth-order valence-corrected chi connectivity index (χ4v) is 4.06. The zero-order chi connectivity index (χ0) is 15.9. The third-order valence-corrected chi connectivity index (χ3v) is 5.55. The molecular formula is C15H25BrN2O2S. The second kappa shape index (κ2) is 8.88. The third-order valence-electron chi connectivity index (χ3n) is 3.47. The lowest BCUT2D eigenvalue weighted by atomic mass is 10.2. The molecule has 1 N–H and O–H groups in total. The lowest BCUT2D eigenvalue weighted by Crippen LogP contribution is -2.33. The maximum absolute atomic E-state index is 12.3. The number of nitrogens with zero attached hydrogens (tertiary/aromatic N) is 1. The molecule has 4 nitrogen and oxygen atoms in total. The highest BCUT2D eigenvalue weighted by Crippen LogP contribution is 2.16. The van der Waals surface area contributed by atoms with Crippen LogP contribution < -0.4 is 4.72 Å². The zero-order valence-electron chi connectivity index (χ0n) is 13.0. The zero-order valence-corrected chi connectivity index (χ0v) is 15.4. The standard InChI is InChI=1S/C15H25BrN2O2S/c1-4-18(5-2)11-7-8-13(3)17-21(19,20)15-10-6-9-14(16)12-15/h6,9-10,12-13,17H,4-5,7-8,11H2,1-3H3/t13-/m1/s1. The van der Waals surface area contributed by atoms with Gasteiger partial charge in [-0.2, -0.15) is 0 Å². The van der Waals surface area contributed by atoms with Crippen LogP contribution in [0.1, 0.15) is 33.6 Å². The minimum atomic E-state index is -3.44. The Kier molecular flexibility index (Phi) is 7.87. The predicted octanol–water partition coefficient (Wildman–Crippen LogP) is 3.24. The van der Waals surface area contributed by atoms with Crippen LogP contribution in [0.15, 0.2) is 33.6 Å². The van der Waals surface area contributed by atoms with Crippen LogP contribution in [0.25, 0.3) is 0 Å². The summed E-state index contributed by atoms with van der Waals surface area (Å²) in [6.07, 6.45) is 1.83. The Morgan fingerprint density at radius 3 is 2.52 bits per heavy atom. The van der Waals surface area contributed by atoms with Crippen molar-refractivity contribution in [1.29, 1.82) is 0 Å². The van der Waals surface area contributed by atoms with Crippen molar-refractivity contribution in [3.05, 3.63) is 28.7 Å². The maximum atomic E-state index is 12.3. The molecule has 0 heterocycles. The average Bonchev–Trinajstić information content (AvgIpc) is 2.43. The number of halogens is 1. The number of sulfonamides is 1. The molecule has 1 aromatic rings. The SMILES string of the molecule is CCN(CC)CCC[C@@H](C)NS(=O)(=O)c1cccc(Br)c1. The van der Waals surface area contributed by atoms with Crippen molar-refractivity contribution in [3.63, 3.8) is 0 Å². The highest BCUT2D eigenvalue weighted by molar-refractivity contribution is 9.10. The summed E-state index contributed by atoms with van der Waals surface area (Å²) in [7, 11) is -3.44. The molecule has 0 saturated carbocycles. The second-order valence-corrected chi connectivity index (χ2v) is 7.78. The summed E-state index contributed by atoms with van der Waals surface area (Å²) in [6, 6.07) is 6.70. The molecule has 6 heteroatoms. The van der Waals surface area contributed by atoms with Crippen LogP contribution in [0.5, 0.6) is 0 Å². The Balaban J connectivity index is 2.52. The van der Waals surface area contributed by atoms with Crippen LogP contribution in [0.4, 0.5) is 0 Å². The second-order valence-electron chi connectivity index (χ2n) is 5.15. The largest absolute Gasteiger partial charge is 0.304 e. The van der Waals surface area contributed by atoms with E-state index < -0.39 is 10.0 Å². The van der Waals surface area contributed by atoms with Crippen LogP contribution in [0.2, 0.25) is 0 Å². The molecule has 120 valence electrons. The highest BCUT2D eigenvalue weighted by Gasteiger charge is 2.17. The van der Waals surface area contributed by atoms with Crippen molar-refractivity contribution in [1.82, 2.24) is 9.62 Å². The summed E-state index contributed by atoms with van der Waals surface area (Å²) in [5, 5.41) is 0. The fraction of sp³-hybridized carbons (Fsp3) is 0.600. The van der Waals surface area contributed by atoms with Gasteiger partial charge in [-0.15, -0.1) is 0 Å². The van der Waals surface area contributed by atoms with Crippen LogP contribution in [-0.2, 0) is 10.0 Å². The van der Waals surface area contributed by atoms with E-state index in [2.05, 4.69) is 39.4 Å². The first-order chi connectivity index (χ1) is 9.89. The Morgan fingerprint density at radius 1 is 1.29 bits per heavy atom. The molecule has 0 bridgehead atoms. The molecule has 1 rings (SSSR count). The van der Waals surface area contributed by atoms with E-state index in [-0.39, 0.29) is 6.04 Å². The third kappa shape index (κ3) is 6.46. The minimum absolute atomic E-state index is 0.0652. The van der Waals surface area contributed by atoms with Gasteiger partial charge in [0.05, 0.1) is 4.90 Å². The normalized spacial score (nSPS) is 13.6. The monoisotopic (exact) mass is 376 g/mol. The van der Waals surface area contributed by atoms with Gasteiger partial charge in [-0.3, -0.25) is 0 Å². The number of rotatable bonds is 9. The van der Waals surface area contributed by atoms with E-state index in [9.17, 15) is 8.42 Å². The van der Waals surface area contributed by atoms with Crippen molar-refractivity contribution in [3.8, 4) is 0 Å². The van der Waals surface area contributed by atoms with E-state index in [0.29, 0.717) is 4.90 Å². The lowest BCUT2D eigenvalue weighted by Gasteiger charge is -2.19. The Labute approximate surface area is 137 Å². The average molecular weight is 377 g/mol. The Morgan fingerprint density at radius 2 is 1.95 bits per heavy atom. The smallest absolute Gasteiger partial charge is 0.240 e. The minimum Gasteiger partial charge on any atom is -0.304 e. The summed E-state index contributed by atoms with van der Waals surface area (Å²) in [5.74, 6) is 0. The van der Waals surface area contributed by atoms with E-state index in [1.165, 1.54) is 0 Å². The Hall–Kier alpha value is -0.430. The molecule has 0 radical (unpaired) electrons. The summed E-state index contributed by atoms with van der Waals surface area (Å²) < 4.78 is 28.0. The molecule has 0 aliphatic heterocycles. The number of nitrogens with one attached hydrogen (secondary N) is 1. The number of hydrogen-bond acceptors (Lipinski definition) is 3. The molecule has 0 aliphatic rings. The molecule has 21 heavy (non-hydrogen) atoms. The predicted molar refractivity (Wildman–Crippen MR) is 90.9 cm³/mol. The van der Waals surface area contributed by atoms with Crippen molar-refractivity contribution >= 4 is 26.0 Å². The highest BCUT2D eigenvalue weighted by atomic mass is 79.9. The van der Waals surface area contributed by atoms with Crippen LogP contribution in [0.3, 0.4) is 0 Å². The number of hydrogen-bond donors (Lipinski definition) is 1. The van der Waals surface area contributed by atoms with Gasteiger partial charge >= 0.3 is 0 Å². The quantitative estimate of drug-likeness (QED) is 0.719. The lowest BCUT2D eigenvalue weighted by molar-refractivity contribution is 0.293. The van der Waals surface area contributed by atoms with Crippen molar-refractivity contribution in [2.45, 2.75) is 44.6 Å². The van der Waals surface area contributed by atoms with Gasteiger partial charge in [0.2, 0.25) is 10.0 Å². The summed E-state index contributed by atoms with van der Waals surface area (Å²) in [6.45, 7) is 9.28. The first-order valence-electron chi connectivity index (χ1n) is 7.39. The van der Waals surface area contributed by atoms with Crippen molar-refractivity contribution in [2.24, 2.45) is 0 Å². The summed E-state index contributed by atoms with van der Waals surface area (Å²) in [5.41, 5.74) is 0. The van der Waals surface area contributed by atoms with E-state index in [0.717, 1.165) is 36.9 Å². The molecule has 1 atom stereocenters. The summed E-state index contributed by atoms with van der Waals surface area (Å²) >= 11 is 3.30. The van der Waals surface area contributed by atoms with Gasteiger partial charge in [0, 0.05) is 10.5 Å². The van der Waals surface area contributed by atoms with Crippen LogP contribution >= 0.6 is 15.9 Å². The molecule has 0 fully saturated rings. The van der Waals surface area contributed by atoms with Gasteiger partial charge in [0.1, 0.15) is 0 Å². The van der Waals surface area contributed by atoms with E-state index in [1.54, 1.807) is 18.2 Å². The van der Waals surface area contributed by atoms with Crippen LogP contribution in [0, 0.1) is 0 Å². The summed E-state index contributed by atoms with van der Waals surface area (Å²) in [4.78, 5) is 2.64. The van der Waals surface area contributed by atoms with Gasteiger partial charge in [0.25, 0.3) is 0 Å². The first kappa shape index (κ1) is 18.6. The molecule has 0 unspecified atom stereocenters. The van der Waals surface area contributed by atoms with Gasteiger partial charge in [-0.25, -0.2) is 13.1 Å². The van der Waals surface area contributed by atoms with E-state index in [1.807, 2.05) is 13.0 Å². The number of benzene rings is 1. The molecule has 0 amide bonds. The first-order valence-corrected chi connectivity index (χ1v) is 9.67. The van der Waals surface area contributed by atoms with E-state index >= 15 is 0 Å². The molecule has 0 aromatic heterocycles. The fourth-order valence-electron chi connectivity index (χ4n) is 2.19. The van der Waals surface area contributed by atoms with E-state index in [4.69, 9.17) is 0 Å². The molecule has 0 saturated heterocycles. The van der Waals surface area contributed by atoms with Gasteiger partial charge in [-0.1, -0.05) is 35.8 Å². The van der Waals surface area contributed by atoms with Gasteiger partial charge in [-0.05, 0) is 57.6 Å². The van der Waals surface area contributed by atoms with Crippen molar-refractivity contribution in [2.75, 3.05) is 19.6 Å². The Bertz CT molecular complexity index is 530. The van der Waals surface area contributed by atoms with Crippen LogP contribution in [-0.4, -0.2) is 39.0 Å². The van der Waals surface area contributed by atoms with Gasteiger partial charge in [0.15, 0.2) is 0 Å².